The summed E-state index contributed by atoms with van der Waals surface area (Å²) >= 11 is 0. The van der Waals surface area contributed by atoms with Crippen molar-refractivity contribution in [1.82, 2.24) is 0 Å². The molecule has 88 valence electrons. The van der Waals surface area contributed by atoms with E-state index in [-0.39, 0.29) is 11.8 Å². The van der Waals surface area contributed by atoms with Crippen molar-refractivity contribution >= 4 is 5.69 Å². The molecule has 0 saturated heterocycles. The molecule has 1 aromatic carbocycles. The number of ether oxygens (including phenoxy) is 2. The van der Waals surface area contributed by atoms with Crippen molar-refractivity contribution in [2.24, 2.45) is 0 Å². The molecule has 0 N–H and O–H groups in total. The molecule has 0 atom stereocenters. The van der Waals surface area contributed by atoms with Crippen molar-refractivity contribution in [1.29, 1.82) is 0 Å². The van der Waals surface area contributed by atoms with Gasteiger partial charge in [0.2, 0.25) is 0 Å². The summed E-state index contributed by atoms with van der Waals surface area (Å²) in [5, 5.41) is 10.6. The summed E-state index contributed by atoms with van der Waals surface area (Å²) in [6, 6.07) is 4.34. The average Bonchev–Trinajstić information content (AvgIpc) is 2.19. The highest BCUT2D eigenvalue weighted by Gasteiger charge is 2.13. The third kappa shape index (κ3) is 3.12. The SMILES string of the molecule is CCOc1ccc([N+](=O)[O-])cc1OC(C)C. The topological polar surface area (TPSA) is 61.6 Å². The molecule has 0 aromatic heterocycles. The Hall–Kier alpha value is -1.78. The van der Waals surface area contributed by atoms with Crippen molar-refractivity contribution in [3.05, 3.63) is 28.3 Å². The van der Waals surface area contributed by atoms with Crippen LogP contribution in [0.1, 0.15) is 20.8 Å². The minimum absolute atomic E-state index is 0.000830. The van der Waals surface area contributed by atoms with E-state index in [9.17, 15) is 10.1 Å². The van der Waals surface area contributed by atoms with Crippen LogP contribution >= 0.6 is 0 Å². The molecule has 0 heterocycles. The zero-order chi connectivity index (χ0) is 12.1. The lowest BCUT2D eigenvalue weighted by Gasteiger charge is -2.13. The maximum absolute atomic E-state index is 10.6. The van der Waals surface area contributed by atoms with Gasteiger partial charge in [-0.25, -0.2) is 0 Å². The maximum Gasteiger partial charge on any atom is 0.273 e. The van der Waals surface area contributed by atoms with Gasteiger partial charge in [0.25, 0.3) is 5.69 Å². The van der Waals surface area contributed by atoms with E-state index in [4.69, 9.17) is 9.47 Å². The number of nitro benzene ring substituents is 1. The molecule has 0 bridgehead atoms. The Kier molecular flexibility index (Phi) is 4.10. The van der Waals surface area contributed by atoms with E-state index in [1.807, 2.05) is 20.8 Å². The Balaban J connectivity index is 3.05. The number of non-ortho nitro benzene ring substituents is 1. The molecule has 0 aliphatic heterocycles. The van der Waals surface area contributed by atoms with Crippen LogP contribution < -0.4 is 9.47 Å². The first-order valence-electron chi connectivity index (χ1n) is 5.12. The van der Waals surface area contributed by atoms with E-state index in [2.05, 4.69) is 0 Å². The summed E-state index contributed by atoms with van der Waals surface area (Å²) < 4.78 is 10.8. The second-order valence-corrected chi connectivity index (χ2v) is 3.49. The van der Waals surface area contributed by atoms with Crippen LogP contribution in [0.5, 0.6) is 11.5 Å². The standard InChI is InChI=1S/C11H15NO4/c1-4-15-10-6-5-9(12(13)14)7-11(10)16-8(2)3/h5-8H,4H2,1-3H3. The smallest absolute Gasteiger partial charge is 0.273 e. The molecule has 0 spiro atoms. The molecule has 5 heteroatoms. The van der Waals surface area contributed by atoms with Crippen molar-refractivity contribution in [2.75, 3.05) is 6.61 Å². The van der Waals surface area contributed by atoms with Crippen LogP contribution in [0.2, 0.25) is 0 Å². The number of nitrogens with zero attached hydrogens (tertiary/aromatic N) is 1. The van der Waals surface area contributed by atoms with E-state index >= 15 is 0 Å². The largest absolute Gasteiger partial charge is 0.490 e. The fourth-order valence-electron chi connectivity index (χ4n) is 1.23. The predicted octanol–water partition coefficient (Wildman–Crippen LogP) is 2.78. The second kappa shape index (κ2) is 5.34. The number of hydrogen-bond acceptors (Lipinski definition) is 4. The van der Waals surface area contributed by atoms with Gasteiger partial charge in [-0.15, -0.1) is 0 Å². The fraction of sp³-hybridized carbons (Fsp3) is 0.455. The highest BCUT2D eigenvalue weighted by atomic mass is 16.6. The van der Waals surface area contributed by atoms with Gasteiger partial charge >= 0.3 is 0 Å². The fourth-order valence-corrected chi connectivity index (χ4v) is 1.23. The van der Waals surface area contributed by atoms with Gasteiger partial charge in [-0.2, -0.15) is 0 Å². The first kappa shape index (κ1) is 12.3. The zero-order valence-corrected chi connectivity index (χ0v) is 9.60. The van der Waals surface area contributed by atoms with Crippen molar-refractivity contribution in [3.63, 3.8) is 0 Å². The second-order valence-electron chi connectivity index (χ2n) is 3.49. The third-order valence-corrected chi connectivity index (χ3v) is 1.80. The van der Waals surface area contributed by atoms with E-state index < -0.39 is 4.92 Å². The monoisotopic (exact) mass is 225 g/mol. The molecule has 1 aromatic rings. The Morgan fingerprint density at radius 2 is 2.06 bits per heavy atom. The lowest BCUT2D eigenvalue weighted by Crippen LogP contribution is -2.07. The van der Waals surface area contributed by atoms with E-state index in [1.54, 1.807) is 6.07 Å². The van der Waals surface area contributed by atoms with Crippen LogP contribution in [0.3, 0.4) is 0 Å². The molecule has 0 unspecified atom stereocenters. The van der Waals surface area contributed by atoms with Crippen LogP contribution in [-0.4, -0.2) is 17.6 Å². The maximum atomic E-state index is 10.6. The molecule has 0 fully saturated rings. The number of rotatable bonds is 5. The van der Waals surface area contributed by atoms with Gasteiger partial charge in [0, 0.05) is 6.07 Å². The Morgan fingerprint density at radius 1 is 1.38 bits per heavy atom. The van der Waals surface area contributed by atoms with Gasteiger partial charge in [-0.05, 0) is 26.8 Å². The summed E-state index contributed by atoms with van der Waals surface area (Å²) in [7, 11) is 0. The van der Waals surface area contributed by atoms with Crippen molar-refractivity contribution in [3.8, 4) is 11.5 Å². The van der Waals surface area contributed by atoms with Gasteiger partial charge < -0.3 is 9.47 Å². The van der Waals surface area contributed by atoms with Crippen LogP contribution in [0.15, 0.2) is 18.2 Å². The summed E-state index contributed by atoms with van der Waals surface area (Å²) in [4.78, 5) is 10.2. The summed E-state index contributed by atoms with van der Waals surface area (Å²) in [5.74, 6) is 0.938. The van der Waals surface area contributed by atoms with Gasteiger partial charge in [-0.3, -0.25) is 10.1 Å². The number of hydrogen-bond donors (Lipinski definition) is 0. The van der Waals surface area contributed by atoms with E-state index in [1.165, 1.54) is 12.1 Å². The highest BCUT2D eigenvalue weighted by molar-refractivity contribution is 5.48. The summed E-state index contributed by atoms with van der Waals surface area (Å²) in [5.41, 5.74) is -0.000830. The Labute approximate surface area is 94.1 Å². The van der Waals surface area contributed by atoms with Crippen molar-refractivity contribution in [2.45, 2.75) is 26.9 Å². The molecule has 0 aliphatic rings. The lowest BCUT2D eigenvalue weighted by molar-refractivity contribution is -0.385. The van der Waals surface area contributed by atoms with E-state index in [0.717, 1.165) is 0 Å². The van der Waals surface area contributed by atoms with Gasteiger partial charge in [0.1, 0.15) is 0 Å². The average molecular weight is 225 g/mol. The van der Waals surface area contributed by atoms with Crippen LogP contribution in [-0.2, 0) is 0 Å². The number of benzene rings is 1. The minimum atomic E-state index is -0.455. The van der Waals surface area contributed by atoms with Crippen LogP contribution in [0, 0.1) is 10.1 Å². The van der Waals surface area contributed by atoms with Crippen molar-refractivity contribution < 1.29 is 14.4 Å². The minimum Gasteiger partial charge on any atom is -0.490 e. The van der Waals surface area contributed by atoms with Gasteiger partial charge in [-0.1, -0.05) is 0 Å². The molecule has 0 saturated carbocycles. The zero-order valence-electron chi connectivity index (χ0n) is 9.60. The molecule has 0 amide bonds. The molecule has 0 radical (unpaired) electrons. The first-order valence-corrected chi connectivity index (χ1v) is 5.12. The summed E-state index contributed by atoms with van der Waals surface area (Å²) in [6.07, 6.45) is -0.0544. The highest BCUT2D eigenvalue weighted by Crippen LogP contribution is 2.32. The molecule has 5 nitrogen and oxygen atoms in total. The molecular formula is C11H15NO4. The number of nitro groups is 1. The molecule has 0 aliphatic carbocycles. The summed E-state index contributed by atoms with van der Waals surface area (Å²) in [6.45, 7) is 6.05. The van der Waals surface area contributed by atoms with E-state index in [0.29, 0.717) is 18.1 Å². The molecular weight excluding hydrogens is 210 g/mol. The first-order chi connectivity index (χ1) is 7.54. The quantitative estimate of drug-likeness (QED) is 0.571. The predicted molar refractivity (Wildman–Crippen MR) is 60.0 cm³/mol. The van der Waals surface area contributed by atoms with Gasteiger partial charge in [0.05, 0.1) is 23.7 Å². The normalized spacial score (nSPS) is 10.2. The van der Waals surface area contributed by atoms with Crippen LogP contribution in [0.25, 0.3) is 0 Å². The molecule has 1 rings (SSSR count). The Bertz CT molecular complexity index is 376. The Morgan fingerprint density at radius 3 is 2.56 bits per heavy atom. The lowest BCUT2D eigenvalue weighted by atomic mass is 10.2. The third-order valence-electron chi connectivity index (χ3n) is 1.80. The molecule has 16 heavy (non-hydrogen) atoms. The van der Waals surface area contributed by atoms with Crippen LogP contribution in [0.4, 0.5) is 5.69 Å². The van der Waals surface area contributed by atoms with Gasteiger partial charge in [0.15, 0.2) is 11.5 Å².